The molecule has 1 saturated carbocycles. The number of rotatable bonds is 9. The van der Waals surface area contributed by atoms with Gasteiger partial charge in [0.15, 0.2) is 6.61 Å². The van der Waals surface area contributed by atoms with E-state index >= 15 is 0 Å². The van der Waals surface area contributed by atoms with Crippen LogP contribution in [0.15, 0.2) is 35.9 Å². The van der Waals surface area contributed by atoms with Gasteiger partial charge >= 0.3 is 0 Å². The zero-order valence-corrected chi connectivity index (χ0v) is 14.3. The zero-order chi connectivity index (χ0) is 16.6. The molecule has 0 radical (unpaired) electrons. The quantitative estimate of drug-likeness (QED) is 0.700. The van der Waals surface area contributed by atoms with Crippen LogP contribution in [0.3, 0.4) is 0 Å². The molecule has 3 rings (SSSR count). The van der Waals surface area contributed by atoms with Gasteiger partial charge < -0.3 is 14.8 Å². The number of benzene rings is 1. The molecule has 0 aromatic heterocycles. The first kappa shape index (κ1) is 16.9. The number of carbonyl (C=O) groups is 1. The van der Waals surface area contributed by atoms with Gasteiger partial charge in [0.1, 0.15) is 11.5 Å². The maximum absolute atomic E-state index is 11.8. The smallest absolute Gasteiger partial charge is 0.257 e. The average molecular weight is 329 g/mol. The van der Waals surface area contributed by atoms with E-state index < -0.39 is 0 Å². The van der Waals surface area contributed by atoms with E-state index in [1.807, 2.05) is 24.3 Å². The van der Waals surface area contributed by atoms with Crippen molar-refractivity contribution in [3.05, 3.63) is 35.9 Å². The standard InChI is InChI=1S/C20H27NO3/c22-20(21-13-12-16-4-2-1-3-5-16)15-24-19-10-8-18(9-11-19)23-14-17-6-7-17/h4,8-11,17H,1-3,5-7,12-15H2,(H,21,22). The van der Waals surface area contributed by atoms with Gasteiger partial charge in [-0.2, -0.15) is 0 Å². The van der Waals surface area contributed by atoms with Crippen molar-refractivity contribution in [2.45, 2.75) is 44.9 Å². The predicted molar refractivity (Wildman–Crippen MR) is 94.3 cm³/mol. The molecule has 4 heteroatoms. The molecule has 0 aliphatic heterocycles. The Hall–Kier alpha value is -1.97. The number of hydrogen-bond donors (Lipinski definition) is 1. The van der Waals surface area contributed by atoms with Crippen LogP contribution in [0.4, 0.5) is 0 Å². The van der Waals surface area contributed by atoms with E-state index in [1.165, 1.54) is 44.1 Å². The zero-order valence-electron chi connectivity index (χ0n) is 14.3. The van der Waals surface area contributed by atoms with Gasteiger partial charge in [-0.3, -0.25) is 4.79 Å². The Morgan fingerprint density at radius 1 is 1.08 bits per heavy atom. The van der Waals surface area contributed by atoms with Crippen LogP contribution < -0.4 is 14.8 Å². The lowest BCUT2D eigenvalue weighted by Crippen LogP contribution is -2.29. The van der Waals surface area contributed by atoms with Crippen LogP contribution in [0, 0.1) is 5.92 Å². The normalized spacial score (nSPS) is 17.1. The lowest BCUT2D eigenvalue weighted by atomic mass is 9.97. The maximum atomic E-state index is 11.8. The van der Waals surface area contributed by atoms with Gasteiger partial charge in [0.25, 0.3) is 5.91 Å². The summed E-state index contributed by atoms with van der Waals surface area (Å²) in [6.07, 6.45) is 10.8. The van der Waals surface area contributed by atoms with Crippen molar-refractivity contribution in [1.82, 2.24) is 5.32 Å². The molecule has 1 N–H and O–H groups in total. The SMILES string of the molecule is O=C(COc1ccc(OCC2CC2)cc1)NCCC1=CCCCC1. The highest BCUT2D eigenvalue weighted by atomic mass is 16.5. The van der Waals surface area contributed by atoms with Crippen LogP contribution in [0.25, 0.3) is 0 Å². The Balaban J connectivity index is 1.30. The first-order chi connectivity index (χ1) is 11.8. The molecule has 4 nitrogen and oxygen atoms in total. The fourth-order valence-corrected chi connectivity index (χ4v) is 2.82. The number of ether oxygens (including phenoxy) is 2. The highest BCUT2D eigenvalue weighted by Crippen LogP contribution is 2.29. The number of nitrogens with one attached hydrogen (secondary N) is 1. The number of amides is 1. The molecule has 2 aliphatic carbocycles. The van der Waals surface area contributed by atoms with Crippen LogP contribution in [0.2, 0.25) is 0 Å². The summed E-state index contributed by atoms with van der Waals surface area (Å²) in [5.74, 6) is 2.23. The second kappa shape index (κ2) is 8.76. The largest absolute Gasteiger partial charge is 0.493 e. The number of carbonyl (C=O) groups excluding carboxylic acids is 1. The van der Waals surface area contributed by atoms with Crippen molar-refractivity contribution in [3.63, 3.8) is 0 Å². The van der Waals surface area contributed by atoms with Gasteiger partial charge in [0.2, 0.25) is 0 Å². The fourth-order valence-electron chi connectivity index (χ4n) is 2.82. The van der Waals surface area contributed by atoms with Gasteiger partial charge in [0, 0.05) is 6.54 Å². The molecule has 2 aliphatic rings. The topological polar surface area (TPSA) is 47.6 Å². The third-order valence-electron chi connectivity index (χ3n) is 4.53. The molecule has 0 heterocycles. The molecular formula is C20H27NO3. The van der Waals surface area contributed by atoms with Gasteiger partial charge in [-0.15, -0.1) is 0 Å². The number of hydrogen-bond acceptors (Lipinski definition) is 3. The molecule has 0 atom stereocenters. The summed E-state index contributed by atoms with van der Waals surface area (Å²) >= 11 is 0. The van der Waals surface area contributed by atoms with Crippen molar-refractivity contribution in [3.8, 4) is 11.5 Å². The Labute approximate surface area is 144 Å². The fraction of sp³-hybridized carbons (Fsp3) is 0.550. The first-order valence-corrected chi connectivity index (χ1v) is 9.10. The average Bonchev–Trinajstić information content (AvgIpc) is 3.44. The third-order valence-corrected chi connectivity index (χ3v) is 4.53. The van der Waals surface area contributed by atoms with Crippen molar-refractivity contribution in [1.29, 1.82) is 0 Å². The Morgan fingerprint density at radius 2 is 1.83 bits per heavy atom. The van der Waals surface area contributed by atoms with E-state index in [0.29, 0.717) is 12.3 Å². The van der Waals surface area contributed by atoms with Crippen molar-refractivity contribution >= 4 is 5.91 Å². The van der Waals surface area contributed by atoms with Crippen LogP contribution in [0.1, 0.15) is 44.9 Å². The summed E-state index contributed by atoms with van der Waals surface area (Å²) in [6, 6.07) is 7.49. The summed E-state index contributed by atoms with van der Waals surface area (Å²) in [7, 11) is 0. The Bertz CT molecular complexity index is 561. The molecule has 1 fully saturated rings. The molecule has 1 amide bonds. The van der Waals surface area contributed by atoms with Gasteiger partial charge in [0.05, 0.1) is 6.61 Å². The molecular weight excluding hydrogens is 302 g/mol. The molecule has 24 heavy (non-hydrogen) atoms. The van der Waals surface area contributed by atoms with Gasteiger partial charge in [-0.05, 0) is 75.1 Å². The molecule has 130 valence electrons. The molecule has 0 saturated heterocycles. The van der Waals surface area contributed by atoms with E-state index in [1.54, 1.807) is 0 Å². The van der Waals surface area contributed by atoms with Crippen LogP contribution in [-0.2, 0) is 4.79 Å². The second-order valence-corrected chi connectivity index (χ2v) is 6.72. The maximum Gasteiger partial charge on any atom is 0.257 e. The summed E-state index contributed by atoms with van der Waals surface area (Å²) in [4.78, 5) is 11.8. The second-order valence-electron chi connectivity index (χ2n) is 6.72. The van der Waals surface area contributed by atoms with E-state index in [4.69, 9.17) is 9.47 Å². The van der Waals surface area contributed by atoms with Gasteiger partial charge in [-0.25, -0.2) is 0 Å². The molecule has 0 bridgehead atoms. The Morgan fingerprint density at radius 3 is 2.50 bits per heavy atom. The molecule has 0 spiro atoms. The molecule has 0 unspecified atom stereocenters. The molecule has 1 aromatic carbocycles. The van der Waals surface area contributed by atoms with E-state index in [0.717, 1.165) is 24.7 Å². The van der Waals surface area contributed by atoms with Crippen LogP contribution in [-0.4, -0.2) is 25.7 Å². The van der Waals surface area contributed by atoms with Gasteiger partial charge in [-0.1, -0.05) is 11.6 Å². The summed E-state index contributed by atoms with van der Waals surface area (Å²) in [5, 5.41) is 2.92. The highest BCUT2D eigenvalue weighted by molar-refractivity contribution is 5.77. The van der Waals surface area contributed by atoms with E-state index in [9.17, 15) is 4.79 Å². The van der Waals surface area contributed by atoms with Crippen molar-refractivity contribution in [2.75, 3.05) is 19.8 Å². The lowest BCUT2D eigenvalue weighted by Gasteiger charge is -2.13. The van der Waals surface area contributed by atoms with Crippen LogP contribution in [0.5, 0.6) is 11.5 Å². The minimum atomic E-state index is -0.0690. The number of allylic oxidation sites excluding steroid dienone is 1. The van der Waals surface area contributed by atoms with Crippen LogP contribution >= 0.6 is 0 Å². The summed E-state index contributed by atoms with van der Waals surface area (Å²) < 4.78 is 11.2. The minimum Gasteiger partial charge on any atom is -0.493 e. The summed E-state index contributed by atoms with van der Waals surface area (Å²) in [6.45, 7) is 1.56. The predicted octanol–water partition coefficient (Wildman–Crippen LogP) is 3.86. The minimum absolute atomic E-state index is 0.0569. The van der Waals surface area contributed by atoms with E-state index in [2.05, 4.69) is 11.4 Å². The van der Waals surface area contributed by atoms with E-state index in [-0.39, 0.29) is 12.5 Å². The first-order valence-electron chi connectivity index (χ1n) is 9.10. The monoisotopic (exact) mass is 329 g/mol. The Kier molecular flexibility index (Phi) is 6.16. The van der Waals surface area contributed by atoms with Crippen molar-refractivity contribution < 1.29 is 14.3 Å². The van der Waals surface area contributed by atoms with Crippen molar-refractivity contribution in [2.24, 2.45) is 5.92 Å². The summed E-state index contributed by atoms with van der Waals surface area (Å²) in [5.41, 5.74) is 1.48. The third kappa shape index (κ3) is 5.91. The lowest BCUT2D eigenvalue weighted by molar-refractivity contribution is -0.123. The highest BCUT2D eigenvalue weighted by Gasteiger charge is 2.21. The molecule has 1 aromatic rings.